The number of methoxy groups -OCH3 is 1. The normalized spacial score (nSPS) is 15.6. The maximum Gasteiger partial charge on any atom is 0.246 e. The standard InChI is InChI=1S/C18H20BrNO3S/c1-13-11-17(23-2)18(12-16(13)19)24(21,22)20-9-7-14-5-3-4-6-15(14)8-10-20/h3-6,11-12H,7-10H2,1-2H3. The van der Waals surface area contributed by atoms with Gasteiger partial charge in [-0.05, 0) is 48.6 Å². The van der Waals surface area contributed by atoms with Crippen molar-refractivity contribution >= 4 is 26.0 Å². The maximum atomic E-state index is 13.2. The smallest absolute Gasteiger partial charge is 0.246 e. The molecule has 2 aromatic rings. The minimum Gasteiger partial charge on any atom is -0.495 e. The molecule has 0 radical (unpaired) electrons. The lowest BCUT2D eigenvalue weighted by atomic mass is 10.0. The molecule has 6 heteroatoms. The number of hydrogen-bond acceptors (Lipinski definition) is 3. The first-order chi connectivity index (χ1) is 11.4. The number of ether oxygens (including phenoxy) is 1. The Bertz CT molecular complexity index is 838. The van der Waals surface area contributed by atoms with E-state index >= 15 is 0 Å². The van der Waals surface area contributed by atoms with E-state index < -0.39 is 10.0 Å². The predicted molar refractivity (Wildman–Crippen MR) is 98.0 cm³/mol. The van der Waals surface area contributed by atoms with Gasteiger partial charge < -0.3 is 4.74 Å². The molecular formula is C18H20BrNO3S. The molecule has 0 N–H and O–H groups in total. The van der Waals surface area contributed by atoms with Crippen molar-refractivity contribution in [3.05, 3.63) is 57.6 Å². The highest BCUT2D eigenvalue weighted by atomic mass is 79.9. The average Bonchev–Trinajstić information content (AvgIpc) is 2.79. The molecule has 1 aliphatic heterocycles. The molecule has 0 saturated heterocycles. The molecule has 0 unspecified atom stereocenters. The van der Waals surface area contributed by atoms with Crippen molar-refractivity contribution in [2.75, 3.05) is 20.2 Å². The number of hydrogen-bond donors (Lipinski definition) is 0. The first-order valence-electron chi connectivity index (χ1n) is 7.84. The molecule has 1 aliphatic rings. The Hall–Kier alpha value is -1.37. The minimum absolute atomic E-state index is 0.216. The monoisotopic (exact) mass is 409 g/mol. The number of benzene rings is 2. The van der Waals surface area contributed by atoms with Gasteiger partial charge in [-0.15, -0.1) is 0 Å². The summed E-state index contributed by atoms with van der Waals surface area (Å²) >= 11 is 3.43. The topological polar surface area (TPSA) is 46.6 Å². The molecule has 4 nitrogen and oxygen atoms in total. The van der Waals surface area contributed by atoms with Gasteiger partial charge in [-0.3, -0.25) is 0 Å². The summed E-state index contributed by atoms with van der Waals surface area (Å²) in [6.07, 6.45) is 1.45. The van der Waals surface area contributed by atoms with Crippen molar-refractivity contribution in [3.8, 4) is 5.75 Å². The second-order valence-corrected chi connectivity index (χ2v) is 8.69. The molecule has 0 atom stereocenters. The van der Waals surface area contributed by atoms with Crippen LogP contribution in [-0.4, -0.2) is 32.9 Å². The van der Waals surface area contributed by atoms with E-state index in [0.29, 0.717) is 18.8 Å². The Labute approximate surface area is 151 Å². The number of nitrogens with zero attached hydrogens (tertiary/aromatic N) is 1. The summed E-state index contributed by atoms with van der Waals surface area (Å²) in [5.74, 6) is 0.387. The van der Waals surface area contributed by atoms with E-state index in [-0.39, 0.29) is 4.90 Å². The lowest BCUT2D eigenvalue weighted by Gasteiger charge is -2.22. The quantitative estimate of drug-likeness (QED) is 0.778. The first kappa shape index (κ1) is 17.5. The average molecular weight is 410 g/mol. The third kappa shape index (κ3) is 3.23. The van der Waals surface area contributed by atoms with Gasteiger partial charge >= 0.3 is 0 Å². The fourth-order valence-electron chi connectivity index (χ4n) is 3.02. The molecule has 0 saturated carbocycles. The van der Waals surface area contributed by atoms with E-state index in [4.69, 9.17) is 4.74 Å². The largest absolute Gasteiger partial charge is 0.495 e. The second kappa shape index (κ2) is 6.86. The third-order valence-corrected chi connectivity index (χ3v) is 7.22. The minimum atomic E-state index is -3.61. The van der Waals surface area contributed by atoms with E-state index in [1.807, 2.05) is 19.1 Å². The second-order valence-electron chi connectivity index (χ2n) is 5.93. The fraction of sp³-hybridized carbons (Fsp3) is 0.333. The van der Waals surface area contributed by atoms with Crippen LogP contribution in [0.2, 0.25) is 0 Å². The molecule has 3 rings (SSSR count). The van der Waals surface area contributed by atoms with Crippen LogP contribution in [0.3, 0.4) is 0 Å². The van der Waals surface area contributed by atoms with Gasteiger partial charge in [-0.1, -0.05) is 40.2 Å². The van der Waals surface area contributed by atoms with Crippen molar-refractivity contribution < 1.29 is 13.2 Å². The van der Waals surface area contributed by atoms with Crippen molar-refractivity contribution in [1.82, 2.24) is 4.31 Å². The number of halogens is 1. The number of rotatable bonds is 3. The zero-order chi connectivity index (χ0) is 17.3. The lowest BCUT2D eigenvalue weighted by molar-refractivity contribution is 0.392. The number of aryl methyl sites for hydroxylation is 1. The van der Waals surface area contributed by atoms with Gasteiger partial charge in [0.15, 0.2) is 0 Å². The van der Waals surface area contributed by atoms with E-state index in [1.54, 1.807) is 16.4 Å². The SMILES string of the molecule is COc1cc(C)c(Br)cc1S(=O)(=O)N1CCc2ccccc2CC1. The Kier molecular flexibility index (Phi) is 4.99. The van der Waals surface area contributed by atoms with Crippen LogP contribution in [0.5, 0.6) is 5.75 Å². The molecule has 2 aromatic carbocycles. The Morgan fingerprint density at radius 2 is 1.67 bits per heavy atom. The summed E-state index contributed by atoms with van der Waals surface area (Å²) in [4.78, 5) is 0.216. The molecule has 0 bridgehead atoms. The van der Waals surface area contributed by atoms with Crippen molar-refractivity contribution in [2.24, 2.45) is 0 Å². The Morgan fingerprint density at radius 3 is 2.21 bits per heavy atom. The molecular weight excluding hydrogens is 390 g/mol. The van der Waals surface area contributed by atoms with Crippen LogP contribution in [0.4, 0.5) is 0 Å². The van der Waals surface area contributed by atoms with Gasteiger partial charge in [-0.25, -0.2) is 8.42 Å². The van der Waals surface area contributed by atoms with Gasteiger partial charge in [0.1, 0.15) is 10.6 Å². The fourth-order valence-corrected chi connectivity index (χ4v) is 5.12. The predicted octanol–water partition coefficient (Wildman–Crippen LogP) is 3.56. The molecule has 24 heavy (non-hydrogen) atoms. The first-order valence-corrected chi connectivity index (χ1v) is 10.1. The summed E-state index contributed by atoms with van der Waals surface area (Å²) < 4.78 is 34.0. The van der Waals surface area contributed by atoms with Crippen molar-refractivity contribution in [1.29, 1.82) is 0 Å². The van der Waals surface area contributed by atoms with Gasteiger partial charge in [0, 0.05) is 17.6 Å². The van der Waals surface area contributed by atoms with Gasteiger partial charge in [0.2, 0.25) is 10.0 Å². The highest BCUT2D eigenvalue weighted by Crippen LogP contribution is 2.33. The maximum absolute atomic E-state index is 13.2. The van der Waals surface area contributed by atoms with Crippen LogP contribution in [-0.2, 0) is 22.9 Å². The van der Waals surface area contributed by atoms with E-state index in [9.17, 15) is 8.42 Å². The summed E-state index contributed by atoms with van der Waals surface area (Å²) in [7, 11) is -2.11. The Morgan fingerprint density at radius 1 is 1.08 bits per heavy atom. The van der Waals surface area contributed by atoms with Crippen LogP contribution >= 0.6 is 15.9 Å². The van der Waals surface area contributed by atoms with Crippen LogP contribution < -0.4 is 4.74 Å². The number of fused-ring (bicyclic) bond motifs is 1. The highest BCUT2D eigenvalue weighted by Gasteiger charge is 2.29. The highest BCUT2D eigenvalue weighted by molar-refractivity contribution is 9.10. The van der Waals surface area contributed by atoms with E-state index in [0.717, 1.165) is 22.9 Å². The van der Waals surface area contributed by atoms with Crippen LogP contribution in [0.15, 0.2) is 45.8 Å². The molecule has 1 heterocycles. The third-order valence-electron chi connectivity index (χ3n) is 4.44. The summed E-state index contributed by atoms with van der Waals surface area (Å²) in [5, 5.41) is 0. The molecule has 0 fully saturated rings. The molecule has 0 aromatic heterocycles. The van der Waals surface area contributed by atoms with E-state index in [2.05, 4.69) is 28.1 Å². The lowest BCUT2D eigenvalue weighted by Crippen LogP contribution is -2.33. The summed E-state index contributed by atoms with van der Waals surface area (Å²) in [6, 6.07) is 11.6. The van der Waals surface area contributed by atoms with Gasteiger partial charge in [-0.2, -0.15) is 4.31 Å². The summed E-state index contributed by atoms with van der Waals surface area (Å²) in [6.45, 7) is 2.87. The number of sulfonamides is 1. The van der Waals surface area contributed by atoms with Crippen molar-refractivity contribution in [3.63, 3.8) is 0 Å². The summed E-state index contributed by atoms with van der Waals surface area (Å²) in [5.41, 5.74) is 3.40. The zero-order valence-electron chi connectivity index (χ0n) is 13.8. The van der Waals surface area contributed by atoms with Gasteiger partial charge in [0.05, 0.1) is 7.11 Å². The van der Waals surface area contributed by atoms with Gasteiger partial charge in [0.25, 0.3) is 0 Å². The van der Waals surface area contributed by atoms with Crippen LogP contribution in [0, 0.1) is 6.92 Å². The van der Waals surface area contributed by atoms with Crippen LogP contribution in [0.1, 0.15) is 16.7 Å². The van der Waals surface area contributed by atoms with Crippen molar-refractivity contribution in [2.45, 2.75) is 24.7 Å². The molecule has 0 aliphatic carbocycles. The molecule has 0 amide bonds. The molecule has 128 valence electrons. The van der Waals surface area contributed by atoms with Crippen LogP contribution in [0.25, 0.3) is 0 Å². The molecule has 0 spiro atoms. The van der Waals surface area contributed by atoms with E-state index in [1.165, 1.54) is 18.2 Å². The Balaban J connectivity index is 1.96. The zero-order valence-corrected chi connectivity index (χ0v) is 16.2.